The van der Waals surface area contributed by atoms with E-state index in [0.717, 1.165) is 5.56 Å². The van der Waals surface area contributed by atoms with E-state index in [1.54, 1.807) is 13.0 Å². The third-order valence-corrected chi connectivity index (χ3v) is 5.19. The summed E-state index contributed by atoms with van der Waals surface area (Å²) in [6.07, 6.45) is 0. The highest BCUT2D eigenvalue weighted by atomic mass is 32.2. The molecule has 0 radical (unpaired) electrons. The predicted octanol–water partition coefficient (Wildman–Crippen LogP) is 2.45. The number of hydrogen-bond acceptors (Lipinski definition) is 5. The fourth-order valence-corrected chi connectivity index (χ4v) is 3.47. The van der Waals surface area contributed by atoms with Gasteiger partial charge in [-0.05, 0) is 43.7 Å². The van der Waals surface area contributed by atoms with Gasteiger partial charge in [0.1, 0.15) is 12.4 Å². The molecular formula is C18H21NO5S. The average Bonchev–Trinajstić information content (AvgIpc) is 2.60. The molecule has 1 N–H and O–H groups in total. The maximum atomic E-state index is 12.5. The molecule has 0 unspecified atom stereocenters. The summed E-state index contributed by atoms with van der Waals surface area (Å²) in [6.45, 7) is 3.94. The van der Waals surface area contributed by atoms with Crippen LogP contribution in [-0.4, -0.2) is 34.6 Å². The van der Waals surface area contributed by atoms with Crippen molar-refractivity contribution < 1.29 is 22.7 Å². The fraction of sp³-hybridized carbons (Fsp3) is 0.278. The van der Waals surface area contributed by atoms with Gasteiger partial charge in [0, 0.05) is 6.54 Å². The Morgan fingerprint density at radius 2 is 1.76 bits per heavy atom. The van der Waals surface area contributed by atoms with Crippen LogP contribution in [0.5, 0.6) is 5.75 Å². The standard InChI is InChI=1S/C18H21NO5S/c1-13-4-8-16(9-5-13)24-11-10-19-25(21,22)17-12-15(18(20)23-3)7-6-14(17)2/h4-9,12,19H,10-11H2,1-3H3. The van der Waals surface area contributed by atoms with E-state index in [4.69, 9.17) is 4.74 Å². The Hall–Kier alpha value is -2.38. The molecule has 0 fully saturated rings. The first kappa shape index (κ1) is 19.0. The van der Waals surface area contributed by atoms with E-state index in [0.29, 0.717) is 11.3 Å². The van der Waals surface area contributed by atoms with Crippen LogP contribution in [0.4, 0.5) is 0 Å². The highest BCUT2D eigenvalue weighted by molar-refractivity contribution is 7.89. The van der Waals surface area contributed by atoms with Gasteiger partial charge in [-0.2, -0.15) is 0 Å². The number of methoxy groups -OCH3 is 1. The summed E-state index contributed by atoms with van der Waals surface area (Å²) in [6, 6.07) is 11.9. The van der Waals surface area contributed by atoms with Crippen LogP contribution in [0, 0.1) is 13.8 Å². The summed E-state index contributed by atoms with van der Waals surface area (Å²) in [4.78, 5) is 11.6. The lowest BCUT2D eigenvalue weighted by atomic mass is 10.1. The van der Waals surface area contributed by atoms with E-state index >= 15 is 0 Å². The number of nitrogens with one attached hydrogen (secondary N) is 1. The molecule has 134 valence electrons. The van der Waals surface area contributed by atoms with Crippen LogP contribution < -0.4 is 9.46 Å². The van der Waals surface area contributed by atoms with Gasteiger partial charge < -0.3 is 9.47 Å². The van der Waals surface area contributed by atoms with Crippen LogP contribution in [0.3, 0.4) is 0 Å². The summed E-state index contributed by atoms with van der Waals surface area (Å²) < 4.78 is 37.5. The Balaban J connectivity index is 2.01. The number of carbonyl (C=O) groups excluding carboxylic acids is 1. The zero-order valence-electron chi connectivity index (χ0n) is 14.4. The molecule has 0 saturated carbocycles. The molecule has 0 bridgehead atoms. The first-order valence-electron chi connectivity index (χ1n) is 7.71. The maximum absolute atomic E-state index is 12.5. The smallest absolute Gasteiger partial charge is 0.337 e. The van der Waals surface area contributed by atoms with E-state index in [1.807, 2.05) is 31.2 Å². The van der Waals surface area contributed by atoms with Crippen molar-refractivity contribution in [1.29, 1.82) is 0 Å². The van der Waals surface area contributed by atoms with Crippen LogP contribution in [0.15, 0.2) is 47.4 Å². The van der Waals surface area contributed by atoms with Gasteiger partial charge in [0.05, 0.1) is 17.6 Å². The topological polar surface area (TPSA) is 81.7 Å². The molecule has 0 spiro atoms. The second-order valence-corrected chi connectivity index (χ2v) is 7.27. The second kappa shape index (κ2) is 8.13. The molecule has 0 atom stereocenters. The highest BCUT2D eigenvalue weighted by Gasteiger charge is 2.19. The molecule has 0 aliphatic carbocycles. The fourth-order valence-electron chi connectivity index (χ4n) is 2.19. The molecule has 0 amide bonds. The van der Waals surface area contributed by atoms with Gasteiger partial charge in [-0.15, -0.1) is 0 Å². The van der Waals surface area contributed by atoms with Gasteiger partial charge >= 0.3 is 5.97 Å². The van der Waals surface area contributed by atoms with Gasteiger partial charge in [0.15, 0.2) is 0 Å². The number of sulfonamides is 1. The molecule has 0 saturated heterocycles. The number of ether oxygens (including phenoxy) is 2. The zero-order chi connectivity index (χ0) is 18.4. The monoisotopic (exact) mass is 363 g/mol. The predicted molar refractivity (Wildman–Crippen MR) is 94.4 cm³/mol. The van der Waals surface area contributed by atoms with Crippen LogP contribution in [0.1, 0.15) is 21.5 Å². The third kappa shape index (κ3) is 5.04. The molecule has 2 aromatic rings. The Morgan fingerprint density at radius 3 is 2.40 bits per heavy atom. The van der Waals surface area contributed by atoms with Crippen molar-refractivity contribution in [3.63, 3.8) is 0 Å². The normalized spacial score (nSPS) is 11.2. The molecule has 2 rings (SSSR count). The van der Waals surface area contributed by atoms with Crippen molar-refractivity contribution in [3.05, 3.63) is 59.2 Å². The van der Waals surface area contributed by atoms with E-state index in [-0.39, 0.29) is 23.6 Å². The first-order valence-corrected chi connectivity index (χ1v) is 9.20. The lowest BCUT2D eigenvalue weighted by Gasteiger charge is -2.11. The zero-order valence-corrected chi connectivity index (χ0v) is 15.2. The van der Waals surface area contributed by atoms with Gasteiger partial charge in [0.2, 0.25) is 10.0 Å². The van der Waals surface area contributed by atoms with E-state index in [2.05, 4.69) is 9.46 Å². The van der Waals surface area contributed by atoms with Crippen molar-refractivity contribution in [3.8, 4) is 5.75 Å². The Labute approximate surface area is 147 Å². The second-order valence-electron chi connectivity index (χ2n) is 5.53. The number of carbonyl (C=O) groups is 1. The van der Waals surface area contributed by atoms with Crippen LogP contribution >= 0.6 is 0 Å². The number of esters is 1. The largest absolute Gasteiger partial charge is 0.492 e. The molecule has 25 heavy (non-hydrogen) atoms. The molecule has 6 nitrogen and oxygen atoms in total. The Bertz CT molecular complexity index is 844. The van der Waals surface area contributed by atoms with Crippen molar-refractivity contribution in [1.82, 2.24) is 4.72 Å². The number of benzene rings is 2. The van der Waals surface area contributed by atoms with Gasteiger partial charge in [-0.3, -0.25) is 0 Å². The Kier molecular flexibility index (Phi) is 6.17. The minimum absolute atomic E-state index is 0.0470. The third-order valence-electron chi connectivity index (χ3n) is 3.58. The van der Waals surface area contributed by atoms with Crippen molar-refractivity contribution >= 4 is 16.0 Å². The van der Waals surface area contributed by atoms with Gasteiger partial charge in [0.25, 0.3) is 0 Å². The number of aryl methyl sites for hydroxylation is 2. The number of hydrogen-bond donors (Lipinski definition) is 1. The number of rotatable bonds is 7. The molecule has 0 heterocycles. The van der Waals surface area contributed by atoms with Crippen molar-refractivity contribution in [2.45, 2.75) is 18.7 Å². The molecular weight excluding hydrogens is 342 g/mol. The van der Waals surface area contributed by atoms with Crippen molar-refractivity contribution in [2.75, 3.05) is 20.3 Å². The molecule has 0 aliphatic heterocycles. The SMILES string of the molecule is COC(=O)c1ccc(C)c(S(=O)(=O)NCCOc2ccc(C)cc2)c1. The van der Waals surface area contributed by atoms with Crippen LogP contribution in [-0.2, 0) is 14.8 Å². The molecule has 0 aliphatic rings. The minimum Gasteiger partial charge on any atom is -0.492 e. The van der Waals surface area contributed by atoms with E-state index in [9.17, 15) is 13.2 Å². The highest BCUT2D eigenvalue weighted by Crippen LogP contribution is 2.17. The van der Waals surface area contributed by atoms with E-state index < -0.39 is 16.0 Å². The molecule has 7 heteroatoms. The summed E-state index contributed by atoms with van der Waals surface area (Å²) in [5, 5.41) is 0. The lowest BCUT2D eigenvalue weighted by molar-refractivity contribution is 0.0600. The lowest BCUT2D eigenvalue weighted by Crippen LogP contribution is -2.29. The summed E-state index contributed by atoms with van der Waals surface area (Å²) in [5.74, 6) is 0.0906. The van der Waals surface area contributed by atoms with Crippen LogP contribution in [0.2, 0.25) is 0 Å². The van der Waals surface area contributed by atoms with Crippen LogP contribution in [0.25, 0.3) is 0 Å². The summed E-state index contributed by atoms with van der Waals surface area (Å²) >= 11 is 0. The quantitative estimate of drug-likeness (QED) is 0.604. The van der Waals surface area contributed by atoms with E-state index in [1.165, 1.54) is 19.2 Å². The summed E-state index contributed by atoms with van der Waals surface area (Å²) in [7, 11) is -2.51. The Morgan fingerprint density at radius 1 is 1.08 bits per heavy atom. The molecule has 2 aromatic carbocycles. The average molecular weight is 363 g/mol. The summed E-state index contributed by atoms with van der Waals surface area (Å²) in [5.41, 5.74) is 1.85. The maximum Gasteiger partial charge on any atom is 0.337 e. The van der Waals surface area contributed by atoms with Gasteiger partial charge in [-0.25, -0.2) is 17.9 Å². The molecule has 0 aromatic heterocycles. The van der Waals surface area contributed by atoms with Crippen molar-refractivity contribution in [2.24, 2.45) is 0 Å². The minimum atomic E-state index is -3.75. The van der Waals surface area contributed by atoms with Gasteiger partial charge in [-0.1, -0.05) is 23.8 Å². The first-order chi connectivity index (χ1) is 11.8.